The van der Waals surface area contributed by atoms with Gasteiger partial charge in [-0.2, -0.15) is 0 Å². The molecule has 1 aliphatic heterocycles. The molecule has 0 spiro atoms. The Morgan fingerprint density at radius 1 is 1.15 bits per heavy atom. The van der Waals surface area contributed by atoms with Gasteiger partial charge in [0.1, 0.15) is 5.75 Å². The summed E-state index contributed by atoms with van der Waals surface area (Å²) < 4.78 is 5.28. The molecule has 0 fully saturated rings. The van der Waals surface area contributed by atoms with E-state index in [9.17, 15) is 0 Å². The van der Waals surface area contributed by atoms with Crippen molar-refractivity contribution >= 4 is 5.69 Å². The Hall–Kier alpha value is -1.96. The van der Waals surface area contributed by atoms with Crippen LogP contribution in [-0.4, -0.2) is 13.2 Å². The van der Waals surface area contributed by atoms with E-state index in [1.54, 1.807) is 7.11 Å². The third kappa shape index (κ3) is 2.96. The second-order valence-electron chi connectivity index (χ2n) is 5.43. The van der Waals surface area contributed by atoms with Gasteiger partial charge in [0.05, 0.1) is 7.11 Å². The summed E-state index contributed by atoms with van der Waals surface area (Å²) in [5.41, 5.74) is 4.12. The van der Waals surface area contributed by atoms with E-state index in [2.05, 4.69) is 47.8 Å². The number of anilines is 1. The van der Waals surface area contributed by atoms with Crippen molar-refractivity contribution in [3.05, 3.63) is 59.7 Å². The van der Waals surface area contributed by atoms with Crippen LogP contribution < -0.4 is 10.1 Å². The van der Waals surface area contributed by atoms with Crippen LogP contribution in [0.1, 0.15) is 24.0 Å². The Balaban J connectivity index is 1.60. The number of para-hydroxylation sites is 1. The van der Waals surface area contributed by atoms with Crippen molar-refractivity contribution in [3.63, 3.8) is 0 Å². The van der Waals surface area contributed by atoms with Crippen LogP contribution in [0.15, 0.2) is 48.5 Å². The van der Waals surface area contributed by atoms with Crippen molar-refractivity contribution in [2.24, 2.45) is 0 Å². The summed E-state index contributed by atoms with van der Waals surface area (Å²) >= 11 is 0. The minimum atomic E-state index is 0.580. The van der Waals surface area contributed by atoms with Crippen LogP contribution >= 0.6 is 0 Å². The molecular weight excluding hydrogens is 246 g/mol. The topological polar surface area (TPSA) is 21.3 Å². The van der Waals surface area contributed by atoms with E-state index in [1.165, 1.54) is 36.1 Å². The second-order valence-corrected chi connectivity index (χ2v) is 5.43. The number of benzene rings is 2. The van der Waals surface area contributed by atoms with Gasteiger partial charge in [-0.1, -0.05) is 30.3 Å². The minimum absolute atomic E-state index is 0.580. The van der Waals surface area contributed by atoms with Crippen LogP contribution in [0.2, 0.25) is 0 Å². The number of rotatable bonds is 4. The molecule has 20 heavy (non-hydrogen) atoms. The van der Waals surface area contributed by atoms with E-state index in [0.717, 1.165) is 12.2 Å². The number of aryl methyl sites for hydroxylation is 2. The summed E-state index contributed by atoms with van der Waals surface area (Å²) in [4.78, 5) is 0. The number of nitrogens with one attached hydrogen (secondary N) is 1. The maximum absolute atomic E-state index is 5.28. The third-order valence-electron chi connectivity index (χ3n) is 4.05. The zero-order valence-corrected chi connectivity index (χ0v) is 11.9. The summed E-state index contributed by atoms with van der Waals surface area (Å²) in [6, 6.07) is 17.6. The van der Waals surface area contributed by atoms with E-state index >= 15 is 0 Å². The molecule has 0 radical (unpaired) electrons. The predicted molar refractivity (Wildman–Crippen MR) is 83.5 cm³/mol. The van der Waals surface area contributed by atoms with Crippen LogP contribution in [-0.2, 0) is 12.8 Å². The number of fused-ring (bicyclic) bond motifs is 1. The van der Waals surface area contributed by atoms with Crippen molar-refractivity contribution in [2.45, 2.75) is 31.7 Å². The Kier molecular flexibility index (Phi) is 3.91. The lowest BCUT2D eigenvalue weighted by Gasteiger charge is -2.27. The zero-order valence-electron chi connectivity index (χ0n) is 11.9. The fraction of sp³-hybridized carbons (Fsp3) is 0.333. The van der Waals surface area contributed by atoms with E-state index in [0.29, 0.717) is 6.04 Å². The molecule has 2 aromatic carbocycles. The SMILES string of the molecule is COc1cccc(CCC2CCc3ccccc3N2)c1. The highest BCUT2D eigenvalue weighted by molar-refractivity contribution is 5.53. The number of hydrogen-bond acceptors (Lipinski definition) is 2. The third-order valence-corrected chi connectivity index (χ3v) is 4.05. The monoisotopic (exact) mass is 267 g/mol. The molecule has 0 aliphatic carbocycles. The molecule has 0 saturated heterocycles. The van der Waals surface area contributed by atoms with Crippen molar-refractivity contribution in [1.29, 1.82) is 0 Å². The number of ether oxygens (including phenoxy) is 1. The summed E-state index contributed by atoms with van der Waals surface area (Å²) in [7, 11) is 1.72. The molecular formula is C18H21NO. The lowest BCUT2D eigenvalue weighted by atomic mass is 9.94. The molecule has 1 heterocycles. The first-order valence-corrected chi connectivity index (χ1v) is 7.32. The van der Waals surface area contributed by atoms with Crippen molar-refractivity contribution in [1.82, 2.24) is 0 Å². The van der Waals surface area contributed by atoms with Crippen LogP contribution in [0.3, 0.4) is 0 Å². The van der Waals surface area contributed by atoms with Gasteiger partial charge >= 0.3 is 0 Å². The number of methoxy groups -OCH3 is 1. The summed E-state index contributed by atoms with van der Waals surface area (Å²) in [5.74, 6) is 0.949. The van der Waals surface area contributed by atoms with E-state index in [-0.39, 0.29) is 0 Å². The molecule has 1 atom stereocenters. The standard InChI is InChI=1S/C18H21NO/c1-20-17-7-4-5-14(13-17)9-11-16-12-10-15-6-2-3-8-18(15)19-16/h2-8,13,16,19H,9-12H2,1H3. The van der Waals surface area contributed by atoms with Crippen LogP contribution in [0.5, 0.6) is 5.75 Å². The van der Waals surface area contributed by atoms with Gasteiger partial charge in [-0.05, 0) is 55.0 Å². The summed E-state index contributed by atoms with van der Waals surface area (Å²) in [6.45, 7) is 0. The van der Waals surface area contributed by atoms with Gasteiger partial charge in [0.25, 0.3) is 0 Å². The Morgan fingerprint density at radius 2 is 2.05 bits per heavy atom. The number of hydrogen-bond donors (Lipinski definition) is 1. The Morgan fingerprint density at radius 3 is 2.95 bits per heavy atom. The minimum Gasteiger partial charge on any atom is -0.497 e. The first kappa shape index (κ1) is 13.0. The quantitative estimate of drug-likeness (QED) is 0.902. The Labute approximate surface area is 120 Å². The smallest absolute Gasteiger partial charge is 0.119 e. The van der Waals surface area contributed by atoms with Gasteiger partial charge in [0, 0.05) is 11.7 Å². The van der Waals surface area contributed by atoms with E-state index in [1.807, 2.05) is 6.07 Å². The molecule has 1 unspecified atom stereocenters. The first-order valence-electron chi connectivity index (χ1n) is 7.32. The Bertz CT molecular complexity index is 579. The van der Waals surface area contributed by atoms with Crippen molar-refractivity contribution < 1.29 is 4.74 Å². The van der Waals surface area contributed by atoms with Gasteiger partial charge in [-0.3, -0.25) is 0 Å². The lowest BCUT2D eigenvalue weighted by molar-refractivity contribution is 0.414. The lowest BCUT2D eigenvalue weighted by Crippen LogP contribution is -2.25. The molecule has 1 N–H and O–H groups in total. The molecule has 0 aromatic heterocycles. The van der Waals surface area contributed by atoms with Gasteiger partial charge < -0.3 is 10.1 Å². The molecule has 2 aromatic rings. The molecule has 104 valence electrons. The van der Waals surface area contributed by atoms with Gasteiger partial charge in [0.15, 0.2) is 0 Å². The molecule has 0 bridgehead atoms. The van der Waals surface area contributed by atoms with Gasteiger partial charge in [0.2, 0.25) is 0 Å². The summed E-state index contributed by atoms with van der Waals surface area (Å²) in [6.07, 6.45) is 4.67. The zero-order chi connectivity index (χ0) is 13.8. The van der Waals surface area contributed by atoms with Crippen molar-refractivity contribution in [2.75, 3.05) is 12.4 Å². The molecule has 3 rings (SSSR count). The molecule has 0 saturated carbocycles. The molecule has 0 amide bonds. The van der Waals surface area contributed by atoms with E-state index in [4.69, 9.17) is 4.74 Å². The maximum atomic E-state index is 5.28. The normalized spacial score (nSPS) is 17.1. The fourth-order valence-electron chi connectivity index (χ4n) is 2.89. The first-order chi connectivity index (χ1) is 9.85. The fourth-order valence-corrected chi connectivity index (χ4v) is 2.89. The molecule has 2 heteroatoms. The molecule has 1 aliphatic rings. The van der Waals surface area contributed by atoms with Gasteiger partial charge in [-0.15, -0.1) is 0 Å². The maximum Gasteiger partial charge on any atom is 0.119 e. The van der Waals surface area contributed by atoms with Gasteiger partial charge in [-0.25, -0.2) is 0 Å². The largest absolute Gasteiger partial charge is 0.497 e. The summed E-state index contributed by atoms with van der Waals surface area (Å²) in [5, 5.41) is 3.66. The average molecular weight is 267 g/mol. The van der Waals surface area contributed by atoms with Crippen LogP contribution in [0.4, 0.5) is 5.69 Å². The molecule has 2 nitrogen and oxygen atoms in total. The highest BCUT2D eigenvalue weighted by atomic mass is 16.5. The van der Waals surface area contributed by atoms with Crippen LogP contribution in [0.25, 0.3) is 0 Å². The van der Waals surface area contributed by atoms with Crippen molar-refractivity contribution in [3.8, 4) is 5.75 Å². The predicted octanol–water partition coefficient (Wildman–Crippen LogP) is 4.05. The highest BCUT2D eigenvalue weighted by Crippen LogP contribution is 2.26. The second kappa shape index (κ2) is 6.00. The van der Waals surface area contributed by atoms with Crippen LogP contribution in [0, 0.1) is 0 Å². The highest BCUT2D eigenvalue weighted by Gasteiger charge is 2.16. The van der Waals surface area contributed by atoms with E-state index < -0.39 is 0 Å². The average Bonchev–Trinajstić information content (AvgIpc) is 2.53.